The second-order valence-electron chi connectivity index (χ2n) is 5.85. The number of benzene rings is 1. The summed E-state index contributed by atoms with van der Waals surface area (Å²) in [7, 11) is 1.65. The van der Waals surface area contributed by atoms with Gasteiger partial charge < -0.3 is 15.0 Å². The maximum atomic E-state index is 12.0. The lowest BCUT2D eigenvalue weighted by molar-refractivity contribution is -0.118. The van der Waals surface area contributed by atoms with Gasteiger partial charge >= 0.3 is 0 Å². The Morgan fingerprint density at radius 3 is 2.91 bits per heavy atom. The molecule has 0 spiro atoms. The Balaban J connectivity index is 1.49. The highest BCUT2D eigenvalue weighted by atomic mass is 32.2. The first-order valence-corrected chi connectivity index (χ1v) is 8.62. The van der Waals surface area contributed by atoms with Gasteiger partial charge in [0, 0.05) is 23.6 Å². The predicted molar refractivity (Wildman–Crippen MR) is 89.1 cm³/mol. The molecule has 2 bridgehead atoms. The minimum absolute atomic E-state index is 0.00847. The number of nitrogens with one attached hydrogen (secondary N) is 1. The van der Waals surface area contributed by atoms with E-state index in [9.17, 15) is 4.79 Å². The number of hydrogen-bond acceptors (Lipinski definition) is 4. The molecular weight excluding hydrogens is 296 g/mol. The number of thioether (sulfide) groups is 1. The van der Waals surface area contributed by atoms with Gasteiger partial charge in [-0.25, -0.2) is 0 Å². The zero-order chi connectivity index (χ0) is 15.4. The van der Waals surface area contributed by atoms with E-state index >= 15 is 0 Å². The van der Waals surface area contributed by atoms with Crippen molar-refractivity contribution in [3.8, 4) is 5.75 Å². The highest BCUT2D eigenvalue weighted by molar-refractivity contribution is 8.02. The third-order valence-corrected chi connectivity index (χ3v) is 5.25. The summed E-state index contributed by atoms with van der Waals surface area (Å²) in [4.78, 5) is 15.6. The highest BCUT2D eigenvalue weighted by Gasteiger charge is 2.34. The molecule has 3 aliphatic heterocycles. The minimum Gasteiger partial charge on any atom is -0.497 e. The van der Waals surface area contributed by atoms with Gasteiger partial charge in [0.2, 0.25) is 5.91 Å². The van der Waals surface area contributed by atoms with E-state index in [0.717, 1.165) is 17.2 Å². The van der Waals surface area contributed by atoms with Crippen LogP contribution in [0.15, 0.2) is 40.6 Å². The number of amides is 1. The molecule has 1 aromatic carbocycles. The van der Waals surface area contributed by atoms with E-state index in [4.69, 9.17) is 4.74 Å². The van der Waals surface area contributed by atoms with Gasteiger partial charge in [-0.2, -0.15) is 0 Å². The zero-order valence-corrected chi connectivity index (χ0v) is 13.6. The van der Waals surface area contributed by atoms with Crippen LogP contribution >= 0.6 is 11.8 Å². The summed E-state index contributed by atoms with van der Waals surface area (Å²) < 4.78 is 5.19. The summed E-state index contributed by atoms with van der Waals surface area (Å²) in [5.41, 5.74) is 0. The third kappa shape index (κ3) is 3.84. The van der Waals surface area contributed by atoms with E-state index < -0.39 is 0 Å². The predicted octanol–water partition coefficient (Wildman–Crippen LogP) is 2.51. The number of carbonyl (C=O) groups is 1. The number of methoxy groups -OCH3 is 1. The highest BCUT2D eigenvalue weighted by Crippen LogP contribution is 2.27. The van der Waals surface area contributed by atoms with Gasteiger partial charge in [-0.3, -0.25) is 4.79 Å². The smallest absolute Gasteiger partial charge is 0.244 e. The lowest BCUT2D eigenvalue weighted by Crippen LogP contribution is -2.57. The molecule has 1 unspecified atom stereocenters. The van der Waals surface area contributed by atoms with Gasteiger partial charge in [0.25, 0.3) is 0 Å². The molecule has 1 aromatic rings. The first kappa shape index (κ1) is 15.4. The lowest BCUT2D eigenvalue weighted by atomic mass is 9.84. The van der Waals surface area contributed by atoms with Crippen LogP contribution in [-0.4, -0.2) is 43.6 Å². The maximum Gasteiger partial charge on any atom is 0.244 e. The van der Waals surface area contributed by atoms with Gasteiger partial charge in [0.1, 0.15) is 5.75 Å². The second kappa shape index (κ2) is 7.20. The summed E-state index contributed by atoms with van der Waals surface area (Å²) in [5, 5.41) is 4.99. The summed E-state index contributed by atoms with van der Waals surface area (Å²) in [6.07, 6.45) is 4.06. The van der Waals surface area contributed by atoms with Crippen molar-refractivity contribution in [3.63, 3.8) is 0 Å². The average Bonchev–Trinajstić information content (AvgIpc) is 2.56. The van der Waals surface area contributed by atoms with Crippen LogP contribution in [0.25, 0.3) is 0 Å². The van der Waals surface area contributed by atoms with Crippen molar-refractivity contribution in [1.29, 1.82) is 0 Å². The van der Waals surface area contributed by atoms with Crippen LogP contribution in [0.5, 0.6) is 5.75 Å². The zero-order valence-electron chi connectivity index (χ0n) is 12.8. The van der Waals surface area contributed by atoms with Crippen LogP contribution in [0.4, 0.5) is 0 Å². The molecule has 4 nitrogen and oxygen atoms in total. The second-order valence-corrected chi connectivity index (χ2v) is 6.83. The van der Waals surface area contributed by atoms with Gasteiger partial charge in [0.05, 0.1) is 7.11 Å². The fourth-order valence-electron chi connectivity index (χ4n) is 3.21. The summed E-state index contributed by atoms with van der Waals surface area (Å²) in [6.45, 7) is 3.39. The van der Waals surface area contributed by atoms with Gasteiger partial charge in [-0.05, 0) is 55.5 Å². The molecule has 3 saturated heterocycles. The van der Waals surface area contributed by atoms with Crippen molar-refractivity contribution in [3.05, 3.63) is 35.7 Å². The molecule has 1 N–H and O–H groups in total. The molecular formula is C17H22N2O2S. The summed E-state index contributed by atoms with van der Waals surface area (Å²) in [6, 6.07) is 8.14. The standard InChI is InChI=1S/C17H22N2O2S/c1-21-14-3-2-4-15(11-14)22-10-7-17(20)18-16-12-19-8-5-13(16)6-9-19/h2-4,7,10-11,13,16H,5-6,8-9,12H2,1H3,(H,18,20)/b10-7-. The monoisotopic (exact) mass is 318 g/mol. The molecule has 3 aliphatic rings. The van der Waals surface area contributed by atoms with Crippen molar-refractivity contribution in [2.24, 2.45) is 5.92 Å². The van der Waals surface area contributed by atoms with E-state index in [1.807, 2.05) is 29.7 Å². The minimum atomic E-state index is 0.00847. The molecule has 3 fully saturated rings. The van der Waals surface area contributed by atoms with Crippen LogP contribution in [0.3, 0.4) is 0 Å². The maximum absolute atomic E-state index is 12.0. The van der Waals surface area contributed by atoms with E-state index in [1.165, 1.54) is 37.7 Å². The summed E-state index contributed by atoms with van der Waals surface area (Å²) >= 11 is 1.52. The molecule has 118 valence electrons. The molecule has 0 aromatic heterocycles. The van der Waals surface area contributed by atoms with E-state index in [-0.39, 0.29) is 5.91 Å². The Morgan fingerprint density at radius 1 is 1.41 bits per heavy atom. The van der Waals surface area contributed by atoms with Gasteiger partial charge in [-0.1, -0.05) is 17.8 Å². The first-order valence-electron chi connectivity index (χ1n) is 7.75. The van der Waals surface area contributed by atoms with E-state index in [2.05, 4.69) is 10.2 Å². The van der Waals surface area contributed by atoms with Gasteiger partial charge in [0.15, 0.2) is 0 Å². The van der Waals surface area contributed by atoms with Crippen LogP contribution in [-0.2, 0) is 4.79 Å². The Kier molecular flexibility index (Phi) is 5.05. The molecule has 1 amide bonds. The molecule has 0 aliphatic carbocycles. The van der Waals surface area contributed by atoms with E-state index in [1.54, 1.807) is 13.2 Å². The van der Waals surface area contributed by atoms with Crippen molar-refractivity contribution in [2.45, 2.75) is 23.8 Å². The van der Waals surface area contributed by atoms with Crippen LogP contribution in [0.1, 0.15) is 12.8 Å². The number of nitrogens with zero attached hydrogens (tertiary/aromatic N) is 1. The van der Waals surface area contributed by atoms with Crippen LogP contribution in [0, 0.1) is 5.92 Å². The lowest BCUT2D eigenvalue weighted by Gasteiger charge is -2.44. The van der Waals surface area contributed by atoms with Crippen molar-refractivity contribution in [1.82, 2.24) is 10.2 Å². The normalized spacial score (nSPS) is 27.0. The molecule has 5 heteroatoms. The largest absolute Gasteiger partial charge is 0.497 e. The van der Waals surface area contributed by atoms with Gasteiger partial charge in [-0.15, -0.1) is 0 Å². The Morgan fingerprint density at radius 2 is 2.23 bits per heavy atom. The molecule has 3 heterocycles. The molecule has 0 radical (unpaired) electrons. The third-order valence-electron chi connectivity index (χ3n) is 4.45. The molecule has 1 atom stereocenters. The molecule has 4 rings (SSSR count). The summed E-state index contributed by atoms with van der Waals surface area (Å²) in [5.74, 6) is 1.50. The topological polar surface area (TPSA) is 41.6 Å². The Labute approximate surface area is 135 Å². The Bertz CT molecular complexity index is 553. The number of rotatable bonds is 5. The number of carbonyl (C=O) groups excluding carboxylic acids is 1. The number of hydrogen-bond donors (Lipinski definition) is 1. The van der Waals surface area contributed by atoms with Crippen LogP contribution in [0.2, 0.25) is 0 Å². The number of piperidine rings is 3. The first-order chi connectivity index (χ1) is 10.7. The number of ether oxygens (including phenoxy) is 1. The van der Waals surface area contributed by atoms with Crippen LogP contribution < -0.4 is 10.1 Å². The quantitative estimate of drug-likeness (QED) is 0.669. The fraction of sp³-hybridized carbons (Fsp3) is 0.471. The number of fused-ring (bicyclic) bond motifs is 3. The van der Waals surface area contributed by atoms with Crippen molar-refractivity contribution >= 4 is 17.7 Å². The van der Waals surface area contributed by atoms with E-state index in [0.29, 0.717) is 12.0 Å². The van der Waals surface area contributed by atoms with Crippen molar-refractivity contribution < 1.29 is 9.53 Å². The van der Waals surface area contributed by atoms with Crippen molar-refractivity contribution in [2.75, 3.05) is 26.7 Å². The fourth-order valence-corrected chi connectivity index (χ4v) is 3.90. The molecule has 22 heavy (non-hydrogen) atoms. The SMILES string of the molecule is COc1cccc(S/C=C\C(=O)NC2CN3CCC2CC3)c1. The molecule has 0 saturated carbocycles. The Hall–Kier alpha value is -1.46. The average molecular weight is 318 g/mol.